The topological polar surface area (TPSA) is 45.4 Å². The van der Waals surface area contributed by atoms with E-state index >= 15 is 0 Å². The van der Waals surface area contributed by atoms with Gasteiger partial charge in [0.05, 0.1) is 6.26 Å². The van der Waals surface area contributed by atoms with E-state index in [2.05, 4.69) is 32.2 Å². The van der Waals surface area contributed by atoms with E-state index in [4.69, 9.17) is 4.42 Å². The SMILES string of the molecule is CC(C)(C)c1ccccc1NCC(O)c1ccco1. The summed E-state index contributed by atoms with van der Waals surface area (Å²) >= 11 is 0. The third-order valence-electron chi connectivity index (χ3n) is 3.09. The lowest BCUT2D eigenvalue weighted by Crippen LogP contribution is -2.17. The van der Waals surface area contributed by atoms with Gasteiger partial charge in [-0.05, 0) is 29.2 Å². The van der Waals surface area contributed by atoms with E-state index in [1.54, 1.807) is 18.4 Å². The van der Waals surface area contributed by atoms with Crippen LogP contribution in [-0.4, -0.2) is 11.7 Å². The van der Waals surface area contributed by atoms with Crippen molar-refractivity contribution in [1.29, 1.82) is 0 Å². The molecule has 1 aromatic heterocycles. The van der Waals surface area contributed by atoms with Crippen LogP contribution in [0, 0.1) is 0 Å². The van der Waals surface area contributed by atoms with E-state index in [1.807, 2.05) is 18.2 Å². The molecule has 0 aliphatic carbocycles. The van der Waals surface area contributed by atoms with Crippen molar-refractivity contribution in [2.75, 3.05) is 11.9 Å². The molecule has 3 heteroatoms. The number of anilines is 1. The summed E-state index contributed by atoms with van der Waals surface area (Å²) in [5, 5.41) is 13.3. The van der Waals surface area contributed by atoms with Gasteiger partial charge in [-0.25, -0.2) is 0 Å². The van der Waals surface area contributed by atoms with Gasteiger partial charge in [0, 0.05) is 12.2 Å². The molecule has 2 aromatic rings. The molecule has 0 aliphatic rings. The predicted molar refractivity (Wildman–Crippen MR) is 77.3 cm³/mol. The summed E-state index contributed by atoms with van der Waals surface area (Å²) in [4.78, 5) is 0. The molecular formula is C16H21NO2. The number of nitrogens with one attached hydrogen (secondary N) is 1. The number of aliphatic hydroxyl groups excluding tert-OH is 1. The number of aliphatic hydroxyl groups is 1. The zero-order valence-corrected chi connectivity index (χ0v) is 11.7. The summed E-state index contributed by atoms with van der Waals surface area (Å²) < 4.78 is 5.19. The van der Waals surface area contributed by atoms with Crippen LogP contribution in [0.4, 0.5) is 5.69 Å². The van der Waals surface area contributed by atoms with E-state index in [0.717, 1.165) is 5.69 Å². The lowest BCUT2D eigenvalue weighted by molar-refractivity contribution is 0.162. The first-order chi connectivity index (χ1) is 8.98. The molecule has 0 spiro atoms. The Balaban J connectivity index is 2.08. The highest BCUT2D eigenvalue weighted by Crippen LogP contribution is 2.29. The second-order valence-corrected chi connectivity index (χ2v) is 5.71. The van der Waals surface area contributed by atoms with E-state index in [0.29, 0.717) is 12.3 Å². The molecule has 1 atom stereocenters. The molecule has 3 nitrogen and oxygen atoms in total. The van der Waals surface area contributed by atoms with Crippen molar-refractivity contribution in [1.82, 2.24) is 0 Å². The number of hydrogen-bond acceptors (Lipinski definition) is 3. The molecule has 1 heterocycles. The van der Waals surface area contributed by atoms with Crippen LogP contribution in [0.2, 0.25) is 0 Å². The van der Waals surface area contributed by atoms with Crippen molar-refractivity contribution in [3.8, 4) is 0 Å². The maximum Gasteiger partial charge on any atom is 0.134 e. The highest BCUT2D eigenvalue weighted by molar-refractivity contribution is 5.54. The van der Waals surface area contributed by atoms with Crippen LogP contribution in [-0.2, 0) is 5.41 Å². The first-order valence-electron chi connectivity index (χ1n) is 6.53. The molecule has 102 valence electrons. The standard InChI is InChI=1S/C16H21NO2/c1-16(2,3)12-7-4-5-8-13(12)17-11-14(18)15-9-6-10-19-15/h4-10,14,17-18H,11H2,1-3H3. The quantitative estimate of drug-likeness (QED) is 0.879. The van der Waals surface area contributed by atoms with Gasteiger partial charge >= 0.3 is 0 Å². The summed E-state index contributed by atoms with van der Waals surface area (Å²) in [5.41, 5.74) is 2.36. The lowest BCUT2D eigenvalue weighted by atomic mass is 9.86. The highest BCUT2D eigenvalue weighted by atomic mass is 16.4. The van der Waals surface area contributed by atoms with Crippen molar-refractivity contribution in [2.24, 2.45) is 0 Å². The Labute approximate surface area is 114 Å². The van der Waals surface area contributed by atoms with Gasteiger partial charge in [-0.15, -0.1) is 0 Å². The monoisotopic (exact) mass is 259 g/mol. The Morgan fingerprint density at radius 2 is 1.89 bits per heavy atom. The molecule has 0 fully saturated rings. The average Bonchev–Trinajstić information content (AvgIpc) is 2.89. The van der Waals surface area contributed by atoms with Gasteiger partial charge in [0.1, 0.15) is 11.9 Å². The molecule has 0 saturated carbocycles. The number of hydrogen-bond donors (Lipinski definition) is 2. The molecular weight excluding hydrogens is 238 g/mol. The van der Waals surface area contributed by atoms with E-state index < -0.39 is 6.10 Å². The number of rotatable bonds is 4. The zero-order valence-electron chi connectivity index (χ0n) is 11.7. The van der Waals surface area contributed by atoms with Gasteiger partial charge < -0.3 is 14.8 Å². The smallest absolute Gasteiger partial charge is 0.134 e. The molecule has 0 saturated heterocycles. The summed E-state index contributed by atoms with van der Waals surface area (Å²) in [6, 6.07) is 11.7. The van der Waals surface area contributed by atoms with Gasteiger partial charge in [0.2, 0.25) is 0 Å². The Hall–Kier alpha value is -1.74. The van der Waals surface area contributed by atoms with Crippen molar-refractivity contribution in [2.45, 2.75) is 32.3 Å². The minimum absolute atomic E-state index is 0.0687. The molecule has 0 amide bonds. The normalized spacial score (nSPS) is 13.3. The van der Waals surface area contributed by atoms with Crippen LogP contribution in [0.5, 0.6) is 0 Å². The van der Waals surface area contributed by atoms with E-state index in [1.165, 1.54) is 5.56 Å². The van der Waals surface area contributed by atoms with Crippen molar-refractivity contribution in [3.63, 3.8) is 0 Å². The van der Waals surface area contributed by atoms with Crippen LogP contribution in [0.3, 0.4) is 0 Å². The molecule has 2 rings (SSSR count). The second kappa shape index (κ2) is 5.49. The molecule has 19 heavy (non-hydrogen) atoms. The fraction of sp³-hybridized carbons (Fsp3) is 0.375. The second-order valence-electron chi connectivity index (χ2n) is 5.71. The number of para-hydroxylation sites is 1. The lowest BCUT2D eigenvalue weighted by Gasteiger charge is -2.24. The van der Waals surface area contributed by atoms with Crippen LogP contribution >= 0.6 is 0 Å². The Morgan fingerprint density at radius 1 is 1.16 bits per heavy atom. The first-order valence-corrected chi connectivity index (χ1v) is 6.53. The fourth-order valence-electron chi connectivity index (χ4n) is 2.08. The molecule has 1 aromatic carbocycles. The zero-order chi connectivity index (χ0) is 13.9. The van der Waals surface area contributed by atoms with Crippen LogP contribution in [0.1, 0.15) is 38.2 Å². The van der Waals surface area contributed by atoms with Gasteiger partial charge in [0.15, 0.2) is 0 Å². The molecule has 0 radical (unpaired) electrons. The summed E-state index contributed by atoms with van der Waals surface area (Å²) in [5.74, 6) is 0.584. The predicted octanol–water partition coefficient (Wildman–Crippen LogP) is 3.72. The van der Waals surface area contributed by atoms with Gasteiger partial charge in [-0.1, -0.05) is 39.0 Å². The molecule has 0 bridgehead atoms. The molecule has 0 aliphatic heterocycles. The summed E-state index contributed by atoms with van der Waals surface area (Å²) in [6.45, 7) is 6.96. The Bertz CT molecular complexity index is 512. The summed E-state index contributed by atoms with van der Waals surface area (Å²) in [6.07, 6.45) is 0.935. The molecule has 2 N–H and O–H groups in total. The van der Waals surface area contributed by atoms with Gasteiger partial charge in [-0.3, -0.25) is 0 Å². The van der Waals surface area contributed by atoms with Crippen LogP contribution < -0.4 is 5.32 Å². The van der Waals surface area contributed by atoms with Crippen LogP contribution in [0.15, 0.2) is 47.1 Å². The minimum Gasteiger partial charge on any atom is -0.467 e. The number of furan rings is 1. The minimum atomic E-state index is -0.636. The third-order valence-corrected chi connectivity index (χ3v) is 3.09. The number of benzene rings is 1. The summed E-state index contributed by atoms with van der Waals surface area (Å²) in [7, 11) is 0. The van der Waals surface area contributed by atoms with Crippen molar-refractivity contribution < 1.29 is 9.52 Å². The third kappa shape index (κ3) is 3.38. The van der Waals surface area contributed by atoms with Crippen molar-refractivity contribution in [3.05, 3.63) is 54.0 Å². The van der Waals surface area contributed by atoms with E-state index in [-0.39, 0.29) is 5.41 Å². The fourth-order valence-corrected chi connectivity index (χ4v) is 2.08. The van der Waals surface area contributed by atoms with Crippen LogP contribution in [0.25, 0.3) is 0 Å². The highest BCUT2D eigenvalue weighted by Gasteiger charge is 2.18. The maximum absolute atomic E-state index is 10.0. The van der Waals surface area contributed by atoms with E-state index in [9.17, 15) is 5.11 Å². The average molecular weight is 259 g/mol. The largest absolute Gasteiger partial charge is 0.467 e. The maximum atomic E-state index is 10.0. The van der Waals surface area contributed by atoms with Gasteiger partial charge in [0.25, 0.3) is 0 Å². The first kappa shape index (κ1) is 13.7. The Morgan fingerprint density at radius 3 is 2.53 bits per heavy atom. The Kier molecular flexibility index (Phi) is 3.96. The van der Waals surface area contributed by atoms with Crippen molar-refractivity contribution >= 4 is 5.69 Å². The van der Waals surface area contributed by atoms with Gasteiger partial charge in [-0.2, -0.15) is 0 Å². The molecule has 1 unspecified atom stereocenters.